The maximum Gasteiger partial charge on any atom is 0.418 e. The van der Waals surface area contributed by atoms with Crippen molar-refractivity contribution in [1.82, 2.24) is 4.90 Å². The van der Waals surface area contributed by atoms with E-state index in [4.69, 9.17) is 4.74 Å². The van der Waals surface area contributed by atoms with Crippen molar-refractivity contribution in [3.05, 3.63) is 95.1 Å². The molecule has 0 aliphatic carbocycles. The standard InChI is InChI=1S/C25H21F3N2O3/c1-30-22(15-11-13-16(33-2)14-12-15)21(17-7-3-4-8-18(17)24(30)32)23(31)29-20-10-6-5-9-19(20)25(26,27)28/h3-14,21-22H,1-2H3,(H,29,31). The molecule has 4 rings (SSSR count). The number of para-hydroxylation sites is 1. The zero-order valence-electron chi connectivity index (χ0n) is 17.9. The number of anilines is 1. The lowest BCUT2D eigenvalue weighted by Gasteiger charge is -2.39. The number of halogens is 3. The summed E-state index contributed by atoms with van der Waals surface area (Å²) in [6, 6.07) is 17.7. The predicted octanol–water partition coefficient (Wildman–Crippen LogP) is 5.26. The van der Waals surface area contributed by atoms with Gasteiger partial charge in [0.1, 0.15) is 5.75 Å². The predicted molar refractivity (Wildman–Crippen MR) is 117 cm³/mol. The van der Waals surface area contributed by atoms with E-state index in [2.05, 4.69) is 5.32 Å². The number of carbonyl (C=O) groups is 2. The van der Waals surface area contributed by atoms with Crippen molar-refractivity contribution in [1.29, 1.82) is 0 Å². The minimum atomic E-state index is -4.63. The molecule has 1 aliphatic heterocycles. The molecule has 0 spiro atoms. The Labute approximate surface area is 188 Å². The van der Waals surface area contributed by atoms with Crippen LogP contribution in [0.5, 0.6) is 5.75 Å². The van der Waals surface area contributed by atoms with Crippen molar-refractivity contribution in [2.75, 3.05) is 19.5 Å². The van der Waals surface area contributed by atoms with E-state index >= 15 is 0 Å². The Morgan fingerprint density at radius 1 is 0.970 bits per heavy atom. The van der Waals surface area contributed by atoms with Gasteiger partial charge in [0.15, 0.2) is 0 Å². The van der Waals surface area contributed by atoms with E-state index in [-0.39, 0.29) is 11.6 Å². The lowest BCUT2D eigenvalue weighted by atomic mass is 9.79. The lowest BCUT2D eigenvalue weighted by molar-refractivity contribution is -0.137. The summed E-state index contributed by atoms with van der Waals surface area (Å²) in [4.78, 5) is 28.0. The van der Waals surface area contributed by atoms with Crippen LogP contribution < -0.4 is 10.1 Å². The molecule has 8 heteroatoms. The Bertz CT molecular complexity index is 1190. The van der Waals surface area contributed by atoms with Crippen LogP contribution in [-0.4, -0.2) is 30.9 Å². The van der Waals surface area contributed by atoms with Gasteiger partial charge in [0.25, 0.3) is 5.91 Å². The van der Waals surface area contributed by atoms with Crippen molar-refractivity contribution < 1.29 is 27.5 Å². The zero-order chi connectivity index (χ0) is 23.8. The first-order valence-corrected chi connectivity index (χ1v) is 10.2. The Kier molecular flexibility index (Phi) is 5.84. The summed E-state index contributed by atoms with van der Waals surface area (Å²) in [6.07, 6.45) is -4.63. The topological polar surface area (TPSA) is 58.6 Å². The zero-order valence-corrected chi connectivity index (χ0v) is 17.9. The number of ether oxygens (including phenoxy) is 1. The van der Waals surface area contributed by atoms with Crippen LogP contribution in [0.1, 0.15) is 39.0 Å². The minimum Gasteiger partial charge on any atom is -0.497 e. The maximum absolute atomic E-state index is 13.5. The highest BCUT2D eigenvalue weighted by molar-refractivity contribution is 6.04. The molecule has 1 N–H and O–H groups in total. The number of benzene rings is 3. The molecule has 3 aromatic carbocycles. The first kappa shape index (κ1) is 22.4. The molecule has 0 radical (unpaired) electrons. The van der Waals surface area contributed by atoms with Crippen molar-refractivity contribution in [2.24, 2.45) is 0 Å². The largest absolute Gasteiger partial charge is 0.497 e. The SMILES string of the molecule is COc1ccc(C2C(C(=O)Nc3ccccc3C(F)(F)F)c3ccccc3C(=O)N2C)cc1. The van der Waals surface area contributed by atoms with Gasteiger partial charge >= 0.3 is 6.18 Å². The number of likely N-dealkylation sites (N-methyl/N-ethyl adjacent to an activating group) is 1. The summed E-state index contributed by atoms with van der Waals surface area (Å²) in [5.41, 5.74) is 0.191. The number of nitrogens with zero attached hydrogens (tertiary/aromatic N) is 1. The molecule has 5 nitrogen and oxygen atoms in total. The van der Waals surface area contributed by atoms with E-state index in [0.717, 1.165) is 6.07 Å². The van der Waals surface area contributed by atoms with Gasteiger partial charge in [-0.3, -0.25) is 9.59 Å². The summed E-state index contributed by atoms with van der Waals surface area (Å²) in [5, 5.41) is 2.46. The maximum atomic E-state index is 13.5. The number of hydrogen-bond acceptors (Lipinski definition) is 3. The highest BCUT2D eigenvalue weighted by Crippen LogP contribution is 2.43. The smallest absolute Gasteiger partial charge is 0.418 e. The van der Waals surface area contributed by atoms with Gasteiger partial charge in [-0.05, 0) is 41.5 Å². The molecule has 0 saturated carbocycles. The van der Waals surface area contributed by atoms with E-state index in [1.54, 1.807) is 55.6 Å². The fourth-order valence-corrected chi connectivity index (χ4v) is 4.22. The first-order chi connectivity index (χ1) is 15.7. The molecule has 0 saturated heterocycles. The molecular formula is C25H21F3N2O3. The highest BCUT2D eigenvalue weighted by atomic mass is 19.4. The van der Waals surface area contributed by atoms with Crippen molar-refractivity contribution in [2.45, 2.75) is 18.1 Å². The van der Waals surface area contributed by atoms with Gasteiger partial charge in [-0.2, -0.15) is 13.2 Å². The molecule has 0 bridgehead atoms. The van der Waals surface area contributed by atoms with Crippen LogP contribution in [0.15, 0.2) is 72.8 Å². The number of carbonyl (C=O) groups excluding carboxylic acids is 2. The molecule has 1 aliphatic rings. The van der Waals surface area contributed by atoms with E-state index in [0.29, 0.717) is 22.4 Å². The van der Waals surface area contributed by atoms with Crippen LogP contribution in [0.3, 0.4) is 0 Å². The number of fused-ring (bicyclic) bond motifs is 1. The number of rotatable bonds is 4. The Morgan fingerprint density at radius 3 is 2.27 bits per heavy atom. The van der Waals surface area contributed by atoms with Gasteiger partial charge in [0.2, 0.25) is 5.91 Å². The first-order valence-electron chi connectivity index (χ1n) is 10.2. The summed E-state index contributed by atoms with van der Waals surface area (Å²) < 4.78 is 45.7. The Hall–Kier alpha value is -3.81. The van der Waals surface area contributed by atoms with Crippen LogP contribution in [0, 0.1) is 0 Å². The number of hydrogen-bond donors (Lipinski definition) is 1. The second kappa shape index (κ2) is 8.61. The summed E-state index contributed by atoms with van der Waals surface area (Å²) in [6.45, 7) is 0. The fourth-order valence-electron chi connectivity index (χ4n) is 4.22. The average molecular weight is 454 g/mol. The summed E-state index contributed by atoms with van der Waals surface area (Å²) >= 11 is 0. The molecular weight excluding hydrogens is 433 g/mol. The van der Waals surface area contributed by atoms with Crippen molar-refractivity contribution >= 4 is 17.5 Å². The van der Waals surface area contributed by atoms with Crippen LogP contribution in [0.25, 0.3) is 0 Å². The minimum absolute atomic E-state index is 0.272. The van der Waals surface area contributed by atoms with Gasteiger partial charge in [-0.1, -0.05) is 42.5 Å². The number of alkyl halides is 3. The molecule has 2 amide bonds. The van der Waals surface area contributed by atoms with Crippen LogP contribution in [-0.2, 0) is 11.0 Å². The van der Waals surface area contributed by atoms with E-state index < -0.39 is 29.6 Å². The summed E-state index contributed by atoms with van der Waals surface area (Å²) in [5.74, 6) is -1.24. The molecule has 3 aromatic rings. The fraction of sp³-hybridized carbons (Fsp3) is 0.200. The molecule has 0 fully saturated rings. The van der Waals surface area contributed by atoms with Crippen LogP contribution >= 0.6 is 0 Å². The third-order valence-electron chi connectivity index (χ3n) is 5.81. The van der Waals surface area contributed by atoms with E-state index in [1.165, 1.54) is 30.2 Å². The molecule has 170 valence electrons. The lowest BCUT2D eigenvalue weighted by Crippen LogP contribution is -2.44. The van der Waals surface area contributed by atoms with Gasteiger partial charge in [-0.15, -0.1) is 0 Å². The van der Waals surface area contributed by atoms with Gasteiger partial charge in [-0.25, -0.2) is 0 Å². The van der Waals surface area contributed by atoms with Gasteiger partial charge < -0.3 is 15.0 Å². The highest BCUT2D eigenvalue weighted by Gasteiger charge is 2.43. The monoisotopic (exact) mass is 454 g/mol. The normalized spacial score (nSPS) is 18.0. The van der Waals surface area contributed by atoms with Gasteiger partial charge in [0, 0.05) is 12.6 Å². The van der Waals surface area contributed by atoms with Gasteiger partial charge in [0.05, 0.1) is 30.3 Å². The molecule has 2 unspecified atom stereocenters. The van der Waals surface area contributed by atoms with Crippen molar-refractivity contribution in [3.63, 3.8) is 0 Å². The number of methoxy groups -OCH3 is 1. The quantitative estimate of drug-likeness (QED) is 0.585. The number of nitrogens with one attached hydrogen (secondary N) is 1. The molecule has 1 heterocycles. The Balaban J connectivity index is 1.81. The molecule has 0 aromatic heterocycles. The third kappa shape index (κ3) is 4.16. The number of amides is 2. The summed E-state index contributed by atoms with van der Waals surface area (Å²) in [7, 11) is 3.10. The van der Waals surface area contributed by atoms with Crippen molar-refractivity contribution in [3.8, 4) is 5.75 Å². The van der Waals surface area contributed by atoms with Crippen LogP contribution in [0.2, 0.25) is 0 Å². The second-order valence-corrected chi connectivity index (χ2v) is 7.73. The van der Waals surface area contributed by atoms with Crippen LogP contribution in [0.4, 0.5) is 18.9 Å². The second-order valence-electron chi connectivity index (χ2n) is 7.73. The van der Waals surface area contributed by atoms with E-state index in [9.17, 15) is 22.8 Å². The Morgan fingerprint density at radius 2 is 1.61 bits per heavy atom. The third-order valence-corrected chi connectivity index (χ3v) is 5.81. The van der Waals surface area contributed by atoms with E-state index in [1.807, 2.05) is 0 Å². The molecule has 2 atom stereocenters. The molecule has 33 heavy (non-hydrogen) atoms. The average Bonchev–Trinajstić information content (AvgIpc) is 2.81.